The molecule has 0 bridgehead atoms. The lowest BCUT2D eigenvalue weighted by molar-refractivity contribution is -0.164. The van der Waals surface area contributed by atoms with Crippen molar-refractivity contribution in [1.29, 1.82) is 5.26 Å². The molecule has 4 N–H and O–H groups in total. The number of amides is 11. The zero-order valence-electron chi connectivity index (χ0n) is 59.7. The van der Waals surface area contributed by atoms with Crippen LogP contribution in [-0.4, -0.2) is 229 Å². The molecule has 0 radical (unpaired) electrons. The molecule has 0 rings (SSSR count). The fraction of sp³-hybridized carbons (Fsp3) is 0.773. The first-order valence-electron chi connectivity index (χ1n) is 32.2. The monoisotopic (exact) mass is 1280 g/mol. The number of carbonyl (C=O) groups excluding carboxylic acids is 12. The Bertz CT molecular complexity index is 2510. The van der Waals surface area contributed by atoms with Gasteiger partial charge in [0.05, 0.1) is 6.07 Å². The van der Waals surface area contributed by atoms with E-state index in [1.807, 2.05) is 55.4 Å². The molecular formula is C66H116N12O13. The second kappa shape index (κ2) is 40.0. The van der Waals surface area contributed by atoms with Gasteiger partial charge >= 0.3 is 5.97 Å². The first-order valence-corrected chi connectivity index (χ1v) is 32.2. The minimum absolute atomic E-state index is 0.0149. The minimum Gasteiger partial charge on any atom is -0.459 e. The molecule has 0 fully saturated rings. The molecule has 91 heavy (non-hydrogen) atoms. The molecule has 11 amide bonds. The molecule has 0 heterocycles. The second-order valence-electron chi connectivity index (χ2n) is 26.9. The largest absolute Gasteiger partial charge is 0.459 e. The Morgan fingerprint density at radius 3 is 1.38 bits per heavy atom. The molecule has 25 heteroatoms. The molecular weight excluding hydrogens is 1170 g/mol. The van der Waals surface area contributed by atoms with Crippen LogP contribution >= 0.6 is 0 Å². The van der Waals surface area contributed by atoms with Crippen LogP contribution in [-0.2, 0) is 62.3 Å². The number of unbranched alkanes of at least 4 members (excludes halogenated alkanes) is 1. The summed E-state index contributed by atoms with van der Waals surface area (Å²) in [6, 6.07) is -9.64. The van der Waals surface area contributed by atoms with Gasteiger partial charge in [0.25, 0.3) is 0 Å². The molecule has 25 nitrogen and oxygen atoms in total. The molecule has 0 aromatic carbocycles. The van der Waals surface area contributed by atoms with Crippen LogP contribution in [0.3, 0.4) is 0 Å². The molecule has 0 saturated heterocycles. The summed E-state index contributed by atoms with van der Waals surface area (Å²) in [5.74, 6) is -9.18. The van der Waals surface area contributed by atoms with E-state index in [0.29, 0.717) is 19.3 Å². The third-order valence-electron chi connectivity index (χ3n) is 16.5. The Morgan fingerprint density at radius 1 is 0.495 bits per heavy atom. The highest BCUT2D eigenvalue weighted by Gasteiger charge is 2.47. The van der Waals surface area contributed by atoms with E-state index in [1.165, 1.54) is 94.7 Å². The zero-order chi connectivity index (χ0) is 70.8. The van der Waals surface area contributed by atoms with Crippen molar-refractivity contribution in [2.45, 2.75) is 236 Å². The van der Waals surface area contributed by atoms with Crippen molar-refractivity contribution < 1.29 is 62.3 Å². The zero-order valence-corrected chi connectivity index (χ0v) is 59.7. The predicted molar refractivity (Wildman–Crippen MR) is 349 cm³/mol. The molecule has 0 spiro atoms. The van der Waals surface area contributed by atoms with Crippen LogP contribution in [0.5, 0.6) is 0 Å². The summed E-state index contributed by atoms with van der Waals surface area (Å²) in [4.78, 5) is 178. The summed E-state index contributed by atoms with van der Waals surface area (Å²) in [5.41, 5.74) is 0. The number of rotatable bonds is 39. The highest BCUT2D eigenvalue weighted by atomic mass is 16.5. The molecule has 1 unspecified atom stereocenters. The lowest BCUT2D eigenvalue weighted by Gasteiger charge is -2.42. The maximum atomic E-state index is 15.4. The van der Waals surface area contributed by atoms with Crippen molar-refractivity contribution in [2.75, 3.05) is 56.4 Å². The van der Waals surface area contributed by atoms with E-state index in [1.54, 1.807) is 53.7 Å². The van der Waals surface area contributed by atoms with Crippen LogP contribution in [0.15, 0.2) is 12.2 Å². The Hall–Kier alpha value is -7.13. The standard InChI is InChI=1S/C66H116N12O13/c1-26-48(62(86)73(20)46(16)61(85)74(21)50(34-39(4)5)59(83)71-53(42(10)11)65(89)75(22)49(33-38(2)3)58(82)69-45(15)57(81)68-18)70-60(84)55(56(91-47(17)80)44(14)31-29-27-28-30-32-67)78(25)66(90)54(43(12)13)77(24)64(88)52(36-41(8)9)76(23)63(87)51(35-40(6)7)72(19)37-79/h27,29,37-46,48-56H,26,28,30-31,33-36H2,1-25H3,(H,68,81)(H,69,82)(H,70,84)(H,71,83)/b29-27+/t44-,45-,46-,48+,49+,50+,51+,52+,53+,54+,55?,56-/m1/s1. The maximum absolute atomic E-state index is 15.4. The number of likely N-dealkylation sites (N-methyl/N-ethyl adjacent to an activating group) is 8. The number of nitriles is 1. The van der Waals surface area contributed by atoms with Crippen molar-refractivity contribution >= 4 is 71.5 Å². The Morgan fingerprint density at radius 2 is 0.945 bits per heavy atom. The average molecular weight is 1290 g/mol. The molecule has 0 aromatic rings. The SMILES string of the molecule is CC[C@H](NC(=O)C([C@H](OC(C)=O)[C@H](C)C/C=C/CCC#N)N(C)C(=O)[C@H](C(C)C)N(C)C(=O)[C@H](CC(C)C)N(C)C(=O)[C@H](CC(C)C)N(C)C=O)C(=O)N(C)[C@H](C)C(=O)N(C)[C@@H](CC(C)C)C(=O)N[C@H](C(=O)N(C)[C@@H](CC(C)C)C(=O)N[C@H](C)C(=O)NC)C(C)C. The Balaban J connectivity index is 7.60. The second-order valence-corrected chi connectivity index (χ2v) is 26.9. The molecule has 0 aliphatic heterocycles. The number of esters is 1. The van der Waals surface area contributed by atoms with Crippen LogP contribution in [0, 0.1) is 52.8 Å². The van der Waals surface area contributed by atoms with Crippen molar-refractivity contribution in [3.8, 4) is 6.07 Å². The first-order chi connectivity index (χ1) is 42.1. The molecule has 12 atom stereocenters. The third-order valence-corrected chi connectivity index (χ3v) is 16.5. The molecule has 0 aliphatic rings. The summed E-state index contributed by atoms with van der Waals surface area (Å²) in [6.45, 7) is 29.4. The molecule has 0 aliphatic carbocycles. The van der Waals surface area contributed by atoms with Crippen LogP contribution in [0.1, 0.15) is 169 Å². The summed E-state index contributed by atoms with van der Waals surface area (Å²) < 4.78 is 5.96. The van der Waals surface area contributed by atoms with E-state index in [4.69, 9.17) is 10.00 Å². The lowest BCUT2D eigenvalue weighted by atomic mass is 9.91. The van der Waals surface area contributed by atoms with Gasteiger partial charge in [-0.1, -0.05) is 109 Å². The van der Waals surface area contributed by atoms with Crippen LogP contribution in [0.25, 0.3) is 0 Å². The van der Waals surface area contributed by atoms with E-state index in [-0.39, 0.29) is 62.2 Å². The van der Waals surface area contributed by atoms with Gasteiger partial charge in [-0.2, -0.15) is 5.26 Å². The topological polar surface area (TPSA) is 309 Å². The summed E-state index contributed by atoms with van der Waals surface area (Å²) in [6.07, 6.45) is 4.47. The number of carbonyl (C=O) groups is 12. The number of nitrogens with one attached hydrogen (secondary N) is 4. The van der Waals surface area contributed by atoms with Crippen molar-refractivity contribution in [3.63, 3.8) is 0 Å². The van der Waals surface area contributed by atoms with Crippen LogP contribution in [0.2, 0.25) is 0 Å². The minimum atomic E-state index is -1.65. The highest BCUT2D eigenvalue weighted by Crippen LogP contribution is 2.27. The molecule has 0 aromatic heterocycles. The van der Waals surface area contributed by atoms with E-state index in [9.17, 15) is 47.9 Å². The number of allylic oxidation sites excluding steroid dienone is 2. The molecule has 518 valence electrons. The van der Waals surface area contributed by atoms with E-state index in [0.717, 1.165) is 16.7 Å². The normalized spacial score (nSPS) is 15.5. The van der Waals surface area contributed by atoms with Gasteiger partial charge in [0.2, 0.25) is 65.5 Å². The quantitative estimate of drug-likeness (QED) is 0.0288. The van der Waals surface area contributed by atoms with Gasteiger partial charge in [-0.3, -0.25) is 57.5 Å². The van der Waals surface area contributed by atoms with Gasteiger partial charge in [0, 0.05) is 69.7 Å². The Kier molecular flexibility index (Phi) is 36.8. The van der Waals surface area contributed by atoms with Crippen LogP contribution in [0.4, 0.5) is 0 Å². The molecule has 0 saturated carbocycles. The van der Waals surface area contributed by atoms with Gasteiger partial charge in [0.15, 0.2) is 0 Å². The van der Waals surface area contributed by atoms with E-state index >= 15 is 9.59 Å². The summed E-state index contributed by atoms with van der Waals surface area (Å²) >= 11 is 0. The predicted octanol–water partition coefficient (Wildman–Crippen LogP) is 4.37. The van der Waals surface area contributed by atoms with Gasteiger partial charge in [-0.05, 0) is 100 Å². The fourth-order valence-corrected chi connectivity index (χ4v) is 10.9. The highest BCUT2D eigenvalue weighted by molar-refractivity contribution is 5.99. The van der Waals surface area contributed by atoms with Crippen molar-refractivity contribution in [2.24, 2.45) is 41.4 Å². The summed E-state index contributed by atoms with van der Waals surface area (Å²) in [5, 5.41) is 20.0. The first kappa shape index (κ1) is 83.9. The van der Waals surface area contributed by atoms with Gasteiger partial charge < -0.3 is 60.3 Å². The maximum Gasteiger partial charge on any atom is 0.303 e. The van der Waals surface area contributed by atoms with E-state index in [2.05, 4.69) is 27.3 Å². The lowest BCUT2D eigenvalue weighted by Crippen LogP contribution is -2.64. The average Bonchev–Trinajstić information content (AvgIpc) is 0.873. The fourth-order valence-electron chi connectivity index (χ4n) is 10.9. The number of hydrogen-bond donors (Lipinski definition) is 4. The number of hydrogen-bond acceptors (Lipinski definition) is 14. The number of ether oxygens (including phenoxy) is 1. The van der Waals surface area contributed by atoms with Crippen molar-refractivity contribution in [3.05, 3.63) is 12.2 Å². The Labute approximate surface area is 544 Å². The number of nitrogens with zero attached hydrogens (tertiary/aromatic N) is 8. The smallest absolute Gasteiger partial charge is 0.303 e. The third kappa shape index (κ3) is 25.5. The van der Waals surface area contributed by atoms with Gasteiger partial charge in [-0.15, -0.1) is 0 Å². The van der Waals surface area contributed by atoms with E-state index < -0.39 is 149 Å². The van der Waals surface area contributed by atoms with Crippen molar-refractivity contribution in [1.82, 2.24) is 55.6 Å². The van der Waals surface area contributed by atoms with Crippen LogP contribution < -0.4 is 21.3 Å². The van der Waals surface area contributed by atoms with Gasteiger partial charge in [-0.25, -0.2) is 0 Å². The summed E-state index contributed by atoms with van der Waals surface area (Å²) in [7, 11) is 11.5. The van der Waals surface area contributed by atoms with Gasteiger partial charge in [0.1, 0.15) is 66.5 Å².